The van der Waals surface area contributed by atoms with E-state index in [1.54, 1.807) is 4.90 Å². The second-order valence-electron chi connectivity index (χ2n) is 5.61. The molecule has 1 aromatic carbocycles. The number of fused-ring (bicyclic) bond motifs is 1. The monoisotopic (exact) mass is 305 g/mol. The van der Waals surface area contributed by atoms with Crippen molar-refractivity contribution in [3.05, 3.63) is 29.8 Å². The van der Waals surface area contributed by atoms with E-state index >= 15 is 0 Å². The molecule has 2 aliphatic rings. The summed E-state index contributed by atoms with van der Waals surface area (Å²) in [4.78, 5) is 25.1. The first-order valence-corrected chi connectivity index (χ1v) is 7.49. The molecular weight excluding hydrogens is 286 g/mol. The highest BCUT2D eigenvalue weighted by molar-refractivity contribution is 5.79. The van der Waals surface area contributed by atoms with Crippen molar-refractivity contribution in [2.24, 2.45) is 0 Å². The summed E-state index contributed by atoms with van der Waals surface area (Å²) in [5, 5.41) is 9.01. The van der Waals surface area contributed by atoms with Crippen LogP contribution in [-0.4, -0.2) is 54.3 Å². The van der Waals surface area contributed by atoms with E-state index in [4.69, 9.17) is 14.6 Å². The third kappa shape index (κ3) is 3.06. The largest absolute Gasteiger partial charge is 0.493 e. The number of nitrogens with zero attached hydrogens (tertiary/aromatic N) is 1. The summed E-state index contributed by atoms with van der Waals surface area (Å²) in [6, 6.07) is 7.77. The zero-order valence-corrected chi connectivity index (χ0v) is 12.2. The summed E-state index contributed by atoms with van der Waals surface area (Å²) in [5.74, 6) is -0.0642. The van der Waals surface area contributed by atoms with Crippen LogP contribution in [0.2, 0.25) is 0 Å². The van der Waals surface area contributed by atoms with Crippen molar-refractivity contribution in [1.29, 1.82) is 0 Å². The molecule has 2 atom stereocenters. The first-order chi connectivity index (χ1) is 10.6. The quantitative estimate of drug-likeness (QED) is 0.909. The molecule has 0 radical (unpaired) electrons. The van der Waals surface area contributed by atoms with Crippen LogP contribution in [0.15, 0.2) is 24.3 Å². The van der Waals surface area contributed by atoms with E-state index in [9.17, 15) is 9.59 Å². The summed E-state index contributed by atoms with van der Waals surface area (Å²) >= 11 is 0. The number of ether oxygens (including phenoxy) is 2. The lowest BCUT2D eigenvalue weighted by Gasteiger charge is -2.33. The van der Waals surface area contributed by atoms with Gasteiger partial charge in [0.15, 0.2) is 6.10 Å². The molecule has 6 nitrogen and oxygen atoms in total. The predicted molar refractivity (Wildman–Crippen MR) is 77.9 cm³/mol. The first kappa shape index (κ1) is 14.8. The molecule has 2 aliphatic heterocycles. The van der Waals surface area contributed by atoms with Gasteiger partial charge in [-0.2, -0.15) is 0 Å². The van der Waals surface area contributed by atoms with Crippen LogP contribution in [0, 0.1) is 0 Å². The number of morpholine rings is 1. The third-order valence-corrected chi connectivity index (χ3v) is 4.20. The maximum absolute atomic E-state index is 12.5. The molecule has 0 bridgehead atoms. The Morgan fingerprint density at radius 2 is 2.09 bits per heavy atom. The van der Waals surface area contributed by atoms with Gasteiger partial charge < -0.3 is 19.5 Å². The van der Waals surface area contributed by atoms with E-state index in [0.29, 0.717) is 19.6 Å². The summed E-state index contributed by atoms with van der Waals surface area (Å²) in [6.45, 7) is 1.45. The molecule has 0 unspecified atom stereocenters. The number of hydrogen-bond donors (Lipinski definition) is 1. The molecule has 0 spiro atoms. The number of amides is 1. The molecule has 0 aromatic heterocycles. The molecule has 6 heteroatoms. The number of benzene rings is 1. The predicted octanol–water partition coefficient (Wildman–Crippen LogP) is 1.25. The van der Waals surface area contributed by atoms with E-state index in [1.807, 2.05) is 24.3 Å². The van der Waals surface area contributed by atoms with Crippen LogP contribution in [0.25, 0.3) is 0 Å². The van der Waals surface area contributed by atoms with Gasteiger partial charge in [-0.3, -0.25) is 4.79 Å². The Kier molecular flexibility index (Phi) is 4.29. The average Bonchev–Trinajstić information content (AvgIpc) is 2.55. The highest BCUT2D eigenvalue weighted by atomic mass is 16.5. The number of para-hydroxylation sites is 1. The second-order valence-corrected chi connectivity index (χ2v) is 5.61. The van der Waals surface area contributed by atoms with Crippen LogP contribution in [0.1, 0.15) is 24.3 Å². The Morgan fingerprint density at radius 3 is 2.91 bits per heavy atom. The number of carbonyl (C=O) groups excluding carboxylic acids is 1. The number of carboxylic acid groups (broad SMARTS) is 1. The number of carbonyl (C=O) groups is 2. The van der Waals surface area contributed by atoms with E-state index in [0.717, 1.165) is 17.7 Å². The van der Waals surface area contributed by atoms with Crippen molar-refractivity contribution in [2.75, 3.05) is 26.3 Å². The fourth-order valence-electron chi connectivity index (χ4n) is 2.99. The lowest BCUT2D eigenvalue weighted by atomic mass is 9.90. The van der Waals surface area contributed by atoms with Gasteiger partial charge >= 0.3 is 5.97 Å². The van der Waals surface area contributed by atoms with Crippen molar-refractivity contribution in [2.45, 2.75) is 24.9 Å². The van der Waals surface area contributed by atoms with E-state index in [-0.39, 0.29) is 25.0 Å². The maximum atomic E-state index is 12.5. The maximum Gasteiger partial charge on any atom is 0.334 e. The lowest BCUT2D eigenvalue weighted by molar-refractivity contribution is -0.159. The lowest BCUT2D eigenvalue weighted by Crippen LogP contribution is -2.48. The summed E-state index contributed by atoms with van der Waals surface area (Å²) in [6.07, 6.45) is 0.266. The normalized spacial score (nSPS) is 24.3. The van der Waals surface area contributed by atoms with Gasteiger partial charge in [-0.05, 0) is 24.0 Å². The zero-order chi connectivity index (χ0) is 15.5. The van der Waals surface area contributed by atoms with Gasteiger partial charge in [0.25, 0.3) is 0 Å². The molecule has 118 valence electrons. The van der Waals surface area contributed by atoms with Crippen LogP contribution in [0.3, 0.4) is 0 Å². The molecule has 1 aromatic rings. The smallest absolute Gasteiger partial charge is 0.334 e. The zero-order valence-electron chi connectivity index (χ0n) is 12.2. The Hall–Kier alpha value is -2.08. The minimum Gasteiger partial charge on any atom is -0.493 e. The molecule has 1 saturated heterocycles. The molecule has 1 fully saturated rings. The molecule has 0 saturated carbocycles. The van der Waals surface area contributed by atoms with Crippen molar-refractivity contribution < 1.29 is 24.2 Å². The first-order valence-electron chi connectivity index (χ1n) is 7.49. The topological polar surface area (TPSA) is 76.1 Å². The summed E-state index contributed by atoms with van der Waals surface area (Å²) in [5.41, 5.74) is 1.06. The molecule has 3 rings (SSSR count). The van der Waals surface area contributed by atoms with Crippen molar-refractivity contribution in [1.82, 2.24) is 4.90 Å². The van der Waals surface area contributed by atoms with Gasteiger partial charge in [0, 0.05) is 13.0 Å². The highest BCUT2D eigenvalue weighted by Gasteiger charge is 2.31. The summed E-state index contributed by atoms with van der Waals surface area (Å²) < 4.78 is 10.8. The van der Waals surface area contributed by atoms with Crippen LogP contribution in [0.5, 0.6) is 5.75 Å². The average molecular weight is 305 g/mol. The highest BCUT2D eigenvalue weighted by Crippen LogP contribution is 2.35. The van der Waals surface area contributed by atoms with Crippen LogP contribution in [-0.2, 0) is 14.3 Å². The summed E-state index contributed by atoms with van der Waals surface area (Å²) in [7, 11) is 0. The van der Waals surface area contributed by atoms with Gasteiger partial charge in [0.05, 0.1) is 19.8 Å². The van der Waals surface area contributed by atoms with E-state index in [1.165, 1.54) is 0 Å². The van der Waals surface area contributed by atoms with Crippen LogP contribution in [0.4, 0.5) is 0 Å². The van der Waals surface area contributed by atoms with E-state index in [2.05, 4.69) is 0 Å². The van der Waals surface area contributed by atoms with E-state index < -0.39 is 12.1 Å². The van der Waals surface area contributed by atoms with Crippen molar-refractivity contribution in [3.8, 4) is 5.75 Å². The third-order valence-electron chi connectivity index (χ3n) is 4.20. The molecule has 22 heavy (non-hydrogen) atoms. The fourth-order valence-corrected chi connectivity index (χ4v) is 2.99. The van der Waals surface area contributed by atoms with Crippen molar-refractivity contribution >= 4 is 11.9 Å². The Balaban J connectivity index is 1.66. The molecule has 1 amide bonds. The molecule has 1 N–H and O–H groups in total. The van der Waals surface area contributed by atoms with Gasteiger partial charge in [0.1, 0.15) is 5.75 Å². The fraction of sp³-hybridized carbons (Fsp3) is 0.500. The molecule has 2 heterocycles. The van der Waals surface area contributed by atoms with Crippen LogP contribution >= 0.6 is 0 Å². The van der Waals surface area contributed by atoms with Crippen LogP contribution < -0.4 is 4.74 Å². The minimum atomic E-state index is -1.02. The standard InChI is InChI=1S/C16H19NO5/c18-15(17-6-8-22-14(10-17)16(19)20)9-11-5-7-21-13-4-2-1-3-12(11)13/h1-4,11,14H,5-10H2,(H,19,20)/t11-,14+/m1/s1. The number of aliphatic carboxylic acids is 1. The SMILES string of the molecule is O=C(O)[C@@H]1CN(C(=O)C[C@H]2CCOc3ccccc32)CCO1. The van der Waals surface area contributed by atoms with Gasteiger partial charge in [-0.15, -0.1) is 0 Å². The Morgan fingerprint density at radius 1 is 1.27 bits per heavy atom. The Bertz CT molecular complexity index is 573. The number of hydrogen-bond acceptors (Lipinski definition) is 4. The van der Waals surface area contributed by atoms with Gasteiger partial charge in [-0.25, -0.2) is 4.79 Å². The molecule has 0 aliphatic carbocycles. The Labute approximate surface area is 128 Å². The van der Waals surface area contributed by atoms with Gasteiger partial charge in [-0.1, -0.05) is 18.2 Å². The second kappa shape index (κ2) is 6.36. The minimum absolute atomic E-state index is 0.0174. The number of carboxylic acids is 1. The molecular formula is C16H19NO5. The van der Waals surface area contributed by atoms with Crippen molar-refractivity contribution in [3.63, 3.8) is 0 Å². The van der Waals surface area contributed by atoms with Gasteiger partial charge in [0.2, 0.25) is 5.91 Å². The number of rotatable bonds is 3.